The molecule has 0 saturated carbocycles. The van der Waals surface area contributed by atoms with Crippen LogP contribution in [-0.2, 0) is 0 Å². The van der Waals surface area contributed by atoms with Crippen molar-refractivity contribution in [2.45, 2.75) is 6.92 Å². The lowest BCUT2D eigenvalue weighted by atomic mass is 10.2. The van der Waals surface area contributed by atoms with E-state index in [4.69, 9.17) is 5.73 Å². The van der Waals surface area contributed by atoms with E-state index >= 15 is 0 Å². The van der Waals surface area contributed by atoms with Crippen molar-refractivity contribution in [2.75, 3.05) is 11.1 Å². The number of aromatic amines is 1. The number of nitrogen functional groups attached to an aromatic ring is 1. The van der Waals surface area contributed by atoms with E-state index in [-0.39, 0.29) is 5.91 Å². The summed E-state index contributed by atoms with van der Waals surface area (Å²) in [5, 5.41) is 3.81. The van der Waals surface area contributed by atoms with Crippen LogP contribution in [0.15, 0.2) is 46.9 Å². The normalized spacial score (nSPS) is 10.8. The maximum Gasteiger partial charge on any atom is 0.272 e. The second kappa shape index (κ2) is 5.26. The van der Waals surface area contributed by atoms with E-state index in [1.807, 2.05) is 37.3 Å². The van der Waals surface area contributed by atoms with Crippen LogP contribution in [0, 0.1) is 6.92 Å². The van der Waals surface area contributed by atoms with Crippen molar-refractivity contribution in [1.82, 2.24) is 4.98 Å². The summed E-state index contributed by atoms with van der Waals surface area (Å²) >= 11 is 3.48. The fourth-order valence-corrected chi connectivity index (χ4v) is 2.60. The van der Waals surface area contributed by atoms with Gasteiger partial charge in [0.2, 0.25) is 0 Å². The minimum Gasteiger partial charge on any atom is -0.397 e. The summed E-state index contributed by atoms with van der Waals surface area (Å²) in [6, 6.07) is 13.1. The predicted molar refractivity (Wildman–Crippen MR) is 89.5 cm³/mol. The minimum atomic E-state index is -0.197. The third kappa shape index (κ3) is 2.52. The van der Waals surface area contributed by atoms with E-state index in [0.717, 1.165) is 26.6 Å². The number of carbonyl (C=O) groups is 1. The lowest BCUT2D eigenvalue weighted by Crippen LogP contribution is -2.12. The van der Waals surface area contributed by atoms with Gasteiger partial charge < -0.3 is 16.0 Å². The first-order valence-electron chi connectivity index (χ1n) is 6.50. The summed E-state index contributed by atoms with van der Waals surface area (Å²) in [5.74, 6) is -0.197. The van der Waals surface area contributed by atoms with Crippen molar-refractivity contribution in [2.24, 2.45) is 0 Å². The highest BCUT2D eigenvalue weighted by molar-refractivity contribution is 9.10. The van der Waals surface area contributed by atoms with Crippen LogP contribution in [0.1, 0.15) is 16.1 Å². The van der Waals surface area contributed by atoms with E-state index < -0.39 is 0 Å². The Morgan fingerprint density at radius 3 is 2.76 bits per heavy atom. The molecule has 21 heavy (non-hydrogen) atoms. The van der Waals surface area contributed by atoms with Crippen LogP contribution in [-0.4, -0.2) is 10.9 Å². The van der Waals surface area contributed by atoms with E-state index in [1.54, 1.807) is 12.1 Å². The number of H-pyrrole nitrogens is 1. The lowest BCUT2D eigenvalue weighted by molar-refractivity contribution is 0.102. The molecular formula is C16H14BrN3O. The van der Waals surface area contributed by atoms with Gasteiger partial charge in [0.15, 0.2) is 0 Å². The molecule has 0 bridgehead atoms. The van der Waals surface area contributed by atoms with Crippen molar-refractivity contribution in [3.8, 4) is 0 Å². The average molecular weight is 344 g/mol. The summed E-state index contributed by atoms with van der Waals surface area (Å²) in [6.45, 7) is 1.98. The first-order valence-corrected chi connectivity index (χ1v) is 7.29. The van der Waals surface area contributed by atoms with Crippen molar-refractivity contribution < 1.29 is 4.79 Å². The molecule has 0 unspecified atom stereocenters. The Balaban J connectivity index is 1.94. The molecule has 2 aromatic carbocycles. The number of aromatic nitrogens is 1. The Hall–Kier alpha value is -2.27. The highest BCUT2D eigenvalue weighted by Crippen LogP contribution is 2.27. The molecule has 4 N–H and O–H groups in total. The van der Waals surface area contributed by atoms with Crippen molar-refractivity contribution in [1.29, 1.82) is 0 Å². The Kier molecular flexibility index (Phi) is 3.43. The van der Waals surface area contributed by atoms with E-state index in [2.05, 4.69) is 26.2 Å². The van der Waals surface area contributed by atoms with Gasteiger partial charge in [-0.25, -0.2) is 0 Å². The van der Waals surface area contributed by atoms with Crippen LogP contribution in [0.2, 0.25) is 0 Å². The number of anilines is 2. The van der Waals surface area contributed by atoms with Gasteiger partial charge in [-0.1, -0.05) is 24.3 Å². The van der Waals surface area contributed by atoms with Gasteiger partial charge in [-0.05, 0) is 46.6 Å². The minimum absolute atomic E-state index is 0.197. The number of aryl methyl sites for hydroxylation is 1. The molecule has 3 aromatic rings. The van der Waals surface area contributed by atoms with Gasteiger partial charge >= 0.3 is 0 Å². The van der Waals surface area contributed by atoms with Crippen LogP contribution >= 0.6 is 15.9 Å². The molecule has 0 aliphatic heterocycles. The molecule has 0 aliphatic carbocycles. The number of para-hydroxylation sites is 1. The lowest BCUT2D eigenvalue weighted by Gasteiger charge is -2.08. The van der Waals surface area contributed by atoms with Crippen molar-refractivity contribution >= 4 is 44.1 Å². The highest BCUT2D eigenvalue weighted by atomic mass is 79.9. The zero-order valence-corrected chi connectivity index (χ0v) is 13.0. The second-order valence-electron chi connectivity index (χ2n) is 4.89. The number of carbonyl (C=O) groups excluding carboxylic acids is 1. The summed E-state index contributed by atoms with van der Waals surface area (Å²) in [7, 11) is 0. The molecule has 1 aromatic heterocycles. The Labute approximate surface area is 130 Å². The molecule has 5 heteroatoms. The Morgan fingerprint density at radius 1 is 1.24 bits per heavy atom. The number of fused-ring (bicyclic) bond motifs is 1. The van der Waals surface area contributed by atoms with E-state index in [0.29, 0.717) is 11.4 Å². The third-order valence-corrected chi connectivity index (χ3v) is 4.43. The van der Waals surface area contributed by atoms with Crippen LogP contribution in [0.5, 0.6) is 0 Å². The molecule has 0 aliphatic rings. The summed E-state index contributed by atoms with van der Waals surface area (Å²) < 4.78 is 0.883. The van der Waals surface area contributed by atoms with Crippen LogP contribution in [0.4, 0.5) is 11.4 Å². The number of hydrogen-bond donors (Lipinski definition) is 3. The van der Waals surface area contributed by atoms with Crippen LogP contribution in [0.3, 0.4) is 0 Å². The quantitative estimate of drug-likeness (QED) is 0.613. The van der Waals surface area contributed by atoms with Gasteiger partial charge in [-0.15, -0.1) is 0 Å². The van der Waals surface area contributed by atoms with Crippen molar-refractivity contribution in [3.63, 3.8) is 0 Å². The molecule has 0 radical (unpaired) electrons. The van der Waals surface area contributed by atoms with Gasteiger partial charge in [0.25, 0.3) is 5.91 Å². The average Bonchev–Trinajstić information content (AvgIpc) is 2.89. The SMILES string of the molecule is Cc1cccc(NC(=O)c2cc3cccc(N)c3[nH]2)c1Br. The zero-order valence-electron chi connectivity index (χ0n) is 11.4. The first-order chi connectivity index (χ1) is 10.1. The van der Waals surface area contributed by atoms with Crippen LogP contribution in [0.25, 0.3) is 10.9 Å². The number of hydrogen-bond acceptors (Lipinski definition) is 2. The number of nitrogens with one attached hydrogen (secondary N) is 2. The highest BCUT2D eigenvalue weighted by Gasteiger charge is 2.12. The standard InChI is InChI=1S/C16H14BrN3O/c1-9-4-2-7-12(14(9)17)20-16(21)13-8-10-5-3-6-11(18)15(10)19-13/h2-8,19H,18H2,1H3,(H,20,21). The summed E-state index contributed by atoms with van der Waals surface area (Å²) in [5.41, 5.74) is 9.60. The topological polar surface area (TPSA) is 70.9 Å². The van der Waals surface area contributed by atoms with E-state index in [9.17, 15) is 4.79 Å². The molecular weight excluding hydrogens is 330 g/mol. The zero-order chi connectivity index (χ0) is 15.0. The summed E-state index contributed by atoms with van der Waals surface area (Å²) in [4.78, 5) is 15.4. The van der Waals surface area contributed by atoms with E-state index in [1.165, 1.54) is 0 Å². The molecule has 106 valence electrons. The van der Waals surface area contributed by atoms with Gasteiger partial charge in [-0.2, -0.15) is 0 Å². The summed E-state index contributed by atoms with van der Waals surface area (Å²) in [6.07, 6.45) is 0. The number of halogens is 1. The molecule has 1 amide bonds. The Morgan fingerprint density at radius 2 is 2.00 bits per heavy atom. The first kappa shape index (κ1) is 13.7. The van der Waals surface area contributed by atoms with Crippen LogP contribution < -0.4 is 11.1 Å². The molecule has 4 nitrogen and oxygen atoms in total. The fourth-order valence-electron chi connectivity index (χ4n) is 2.24. The monoisotopic (exact) mass is 343 g/mol. The smallest absolute Gasteiger partial charge is 0.272 e. The molecule has 0 saturated heterocycles. The Bertz CT molecular complexity index is 839. The fraction of sp³-hybridized carbons (Fsp3) is 0.0625. The largest absolute Gasteiger partial charge is 0.397 e. The maximum atomic E-state index is 12.4. The molecule has 3 rings (SSSR count). The molecule has 0 spiro atoms. The molecule has 0 atom stereocenters. The van der Waals surface area contributed by atoms with Gasteiger partial charge in [0.05, 0.1) is 16.9 Å². The maximum absolute atomic E-state index is 12.4. The van der Waals surface area contributed by atoms with Gasteiger partial charge in [0.1, 0.15) is 5.69 Å². The second-order valence-corrected chi connectivity index (χ2v) is 5.68. The van der Waals surface area contributed by atoms with Crippen molar-refractivity contribution in [3.05, 3.63) is 58.2 Å². The number of rotatable bonds is 2. The third-order valence-electron chi connectivity index (χ3n) is 3.37. The van der Waals surface area contributed by atoms with Gasteiger partial charge in [0, 0.05) is 9.86 Å². The predicted octanol–water partition coefficient (Wildman–Crippen LogP) is 4.07. The number of nitrogens with two attached hydrogens (primary N) is 1. The van der Waals surface area contributed by atoms with Gasteiger partial charge in [-0.3, -0.25) is 4.79 Å². The number of amides is 1. The molecule has 1 heterocycles. The number of benzene rings is 2. The molecule has 0 fully saturated rings.